The zero-order chi connectivity index (χ0) is 11.2. The third-order valence-electron chi connectivity index (χ3n) is 4.69. The molecule has 0 aliphatic heterocycles. The minimum absolute atomic E-state index is 0.444. The number of nitrogens with two attached hydrogens (primary N) is 1. The number of fused-ring (bicyclic) bond motifs is 1. The van der Waals surface area contributed by atoms with Crippen LogP contribution in [0.1, 0.15) is 31.5 Å². The largest absolute Gasteiger partial charge is 0.338 e. The van der Waals surface area contributed by atoms with E-state index in [-0.39, 0.29) is 0 Å². The number of hydrogen-bond acceptors (Lipinski definition) is 2. The van der Waals surface area contributed by atoms with Crippen molar-refractivity contribution < 1.29 is 0 Å². The summed E-state index contributed by atoms with van der Waals surface area (Å²) in [6.45, 7) is 0.865. The van der Waals surface area contributed by atoms with Gasteiger partial charge in [0, 0.05) is 25.9 Å². The van der Waals surface area contributed by atoms with E-state index in [1.807, 2.05) is 12.4 Å². The molecule has 2 N–H and O–H groups in total. The summed E-state index contributed by atoms with van der Waals surface area (Å²) in [4.78, 5) is 4.39. The summed E-state index contributed by atoms with van der Waals surface area (Å²) in [5.41, 5.74) is 6.45. The third kappa shape index (κ3) is 1.67. The molecule has 0 bridgehead atoms. The molecule has 2 unspecified atom stereocenters. The van der Waals surface area contributed by atoms with Gasteiger partial charge in [0.05, 0.1) is 0 Å². The molecular formula is C13H21N3. The average Bonchev–Trinajstić information content (AvgIpc) is 2.74. The lowest BCUT2D eigenvalue weighted by atomic mass is 9.79. The molecule has 2 aliphatic rings. The topological polar surface area (TPSA) is 43.8 Å². The second-order valence-corrected chi connectivity index (χ2v) is 5.82. The first kappa shape index (κ1) is 10.3. The lowest BCUT2D eigenvalue weighted by Gasteiger charge is -2.29. The van der Waals surface area contributed by atoms with Crippen molar-refractivity contribution in [3.8, 4) is 0 Å². The highest BCUT2D eigenvalue weighted by Gasteiger charge is 2.52. The van der Waals surface area contributed by atoms with E-state index in [0.29, 0.717) is 5.41 Å². The Balaban J connectivity index is 1.63. The van der Waals surface area contributed by atoms with E-state index in [1.54, 1.807) is 0 Å². The molecule has 0 saturated heterocycles. The van der Waals surface area contributed by atoms with Crippen molar-refractivity contribution in [2.75, 3.05) is 6.54 Å². The number of rotatable bonds is 4. The van der Waals surface area contributed by atoms with Crippen molar-refractivity contribution in [1.29, 1.82) is 0 Å². The minimum Gasteiger partial charge on any atom is -0.338 e. The van der Waals surface area contributed by atoms with E-state index < -0.39 is 0 Å². The molecule has 3 nitrogen and oxygen atoms in total. The second kappa shape index (κ2) is 3.59. The molecule has 88 valence electrons. The predicted molar refractivity (Wildman–Crippen MR) is 63.8 cm³/mol. The first-order chi connectivity index (χ1) is 7.72. The fourth-order valence-corrected chi connectivity index (χ4v) is 3.49. The maximum absolute atomic E-state index is 6.00. The summed E-state index contributed by atoms with van der Waals surface area (Å²) in [5, 5.41) is 0. The Morgan fingerprint density at radius 3 is 2.81 bits per heavy atom. The predicted octanol–water partition coefficient (Wildman–Crippen LogP) is 1.73. The highest BCUT2D eigenvalue weighted by atomic mass is 15.0. The zero-order valence-electron chi connectivity index (χ0n) is 10.0. The van der Waals surface area contributed by atoms with E-state index in [9.17, 15) is 0 Å². The normalized spacial score (nSPS) is 36.4. The molecule has 16 heavy (non-hydrogen) atoms. The van der Waals surface area contributed by atoms with Crippen molar-refractivity contribution >= 4 is 0 Å². The van der Waals surface area contributed by atoms with Crippen LogP contribution in [-0.2, 0) is 13.5 Å². The van der Waals surface area contributed by atoms with Crippen molar-refractivity contribution in [2.24, 2.45) is 30.0 Å². The molecule has 1 aromatic heterocycles. The van der Waals surface area contributed by atoms with Gasteiger partial charge in [-0.25, -0.2) is 4.98 Å². The van der Waals surface area contributed by atoms with Crippen molar-refractivity contribution in [3.05, 3.63) is 18.2 Å². The van der Waals surface area contributed by atoms with Gasteiger partial charge >= 0.3 is 0 Å². The molecule has 3 heteroatoms. The van der Waals surface area contributed by atoms with E-state index in [2.05, 4.69) is 16.6 Å². The highest BCUT2D eigenvalue weighted by Crippen LogP contribution is 2.60. The van der Waals surface area contributed by atoms with Crippen LogP contribution in [0.2, 0.25) is 0 Å². The summed E-state index contributed by atoms with van der Waals surface area (Å²) in [6, 6.07) is 0. The van der Waals surface area contributed by atoms with Gasteiger partial charge in [0.2, 0.25) is 0 Å². The molecule has 2 aliphatic carbocycles. The highest BCUT2D eigenvalue weighted by molar-refractivity contribution is 5.05. The monoisotopic (exact) mass is 219 g/mol. The van der Waals surface area contributed by atoms with Gasteiger partial charge in [-0.3, -0.25) is 0 Å². The Hall–Kier alpha value is -0.830. The average molecular weight is 219 g/mol. The van der Waals surface area contributed by atoms with Gasteiger partial charge in [-0.15, -0.1) is 0 Å². The molecule has 1 heterocycles. The number of imidazole rings is 1. The molecule has 2 fully saturated rings. The molecule has 0 radical (unpaired) electrons. The molecule has 1 aromatic rings. The SMILES string of the molecule is Cn1ccnc1CCC1(CN)CC2CC2C1. The van der Waals surface area contributed by atoms with E-state index in [1.165, 1.54) is 31.5 Å². The molecule has 0 aromatic carbocycles. The van der Waals surface area contributed by atoms with Gasteiger partial charge in [0.25, 0.3) is 0 Å². The fraction of sp³-hybridized carbons (Fsp3) is 0.769. The summed E-state index contributed by atoms with van der Waals surface area (Å²) in [5.74, 6) is 3.24. The van der Waals surface area contributed by atoms with Crippen LogP contribution in [0.3, 0.4) is 0 Å². The van der Waals surface area contributed by atoms with Gasteiger partial charge in [-0.2, -0.15) is 0 Å². The van der Waals surface area contributed by atoms with Gasteiger partial charge in [0.15, 0.2) is 0 Å². The number of nitrogens with zero attached hydrogens (tertiary/aromatic N) is 2. The molecular weight excluding hydrogens is 198 g/mol. The standard InChI is InChI=1S/C13H21N3/c1-16-5-4-15-12(16)2-3-13(9-14)7-10-6-11(10)8-13/h4-5,10-11H,2-3,6-9,14H2,1H3. The lowest BCUT2D eigenvalue weighted by Crippen LogP contribution is -2.30. The number of aromatic nitrogens is 2. The maximum Gasteiger partial charge on any atom is 0.108 e. The van der Waals surface area contributed by atoms with E-state index in [0.717, 1.165) is 24.8 Å². The van der Waals surface area contributed by atoms with Gasteiger partial charge < -0.3 is 10.3 Å². The lowest BCUT2D eigenvalue weighted by molar-refractivity contribution is 0.250. The van der Waals surface area contributed by atoms with Crippen LogP contribution in [0, 0.1) is 17.3 Å². The van der Waals surface area contributed by atoms with Crippen LogP contribution < -0.4 is 5.73 Å². The smallest absolute Gasteiger partial charge is 0.108 e. The van der Waals surface area contributed by atoms with E-state index >= 15 is 0 Å². The Labute approximate surface area is 97.0 Å². The first-order valence-corrected chi connectivity index (χ1v) is 6.39. The molecule has 0 spiro atoms. The van der Waals surface area contributed by atoms with Crippen LogP contribution >= 0.6 is 0 Å². The summed E-state index contributed by atoms with van der Waals surface area (Å²) in [6.07, 6.45) is 10.4. The molecule has 0 amide bonds. The summed E-state index contributed by atoms with van der Waals surface area (Å²) < 4.78 is 2.12. The van der Waals surface area contributed by atoms with Gasteiger partial charge in [-0.1, -0.05) is 0 Å². The van der Waals surface area contributed by atoms with Crippen LogP contribution in [0.5, 0.6) is 0 Å². The van der Waals surface area contributed by atoms with Crippen LogP contribution in [0.4, 0.5) is 0 Å². The Morgan fingerprint density at radius 1 is 1.50 bits per heavy atom. The minimum atomic E-state index is 0.444. The zero-order valence-corrected chi connectivity index (χ0v) is 10.0. The Kier molecular flexibility index (Phi) is 2.32. The van der Waals surface area contributed by atoms with Crippen molar-refractivity contribution in [1.82, 2.24) is 9.55 Å². The number of hydrogen-bond donors (Lipinski definition) is 1. The summed E-state index contributed by atoms with van der Waals surface area (Å²) >= 11 is 0. The van der Waals surface area contributed by atoms with Crippen LogP contribution in [0.25, 0.3) is 0 Å². The molecule has 3 rings (SSSR count). The first-order valence-electron chi connectivity index (χ1n) is 6.39. The van der Waals surface area contributed by atoms with Crippen molar-refractivity contribution in [3.63, 3.8) is 0 Å². The maximum atomic E-state index is 6.00. The Morgan fingerprint density at radius 2 is 2.25 bits per heavy atom. The third-order valence-corrected chi connectivity index (χ3v) is 4.69. The molecule has 2 atom stereocenters. The van der Waals surface area contributed by atoms with Gasteiger partial charge in [-0.05, 0) is 49.5 Å². The van der Waals surface area contributed by atoms with E-state index in [4.69, 9.17) is 5.73 Å². The number of aryl methyl sites for hydroxylation is 2. The fourth-order valence-electron chi connectivity index (χ4n) is 3.49. The quantitative estimate of drug-likeness (QED) is 0.838. The van der Waals surface area contributed by atoms with Crippen LogP contribution in [-0.4, -0.2) is 16.1 Å². The molecule has 2 saturated carbocycles. The summed E-state index contributed by atoms with van der Waals surface area (Å²) in [7, 11) is 2.07. The van der Waals surface area contributed by atoms with Crippen molar-refractivity contribution in [2.45, 2.75) is 32.1 Å². The van der Waals surface area contributed by atoms with Crippen LogP contribution in [0.15, 0.2) is 12.4 Å². The van der Waals surface area contributed by atoms with Gasteiger partial charge in [0.1, 0.15) is 5.82 Å². The Bertz CT molecular complexity index is 372. The second-order valence-electron chi connectivity index (χ2n) is 5.82.